The van der Waals surface area contributed by atoms with Gasteiger partial charge in [0.25, 0.3) is 0 Å². The number of fused-ring (bicyclic) bond motifs is 1. The minimum atomic E-state index is -0.269. The molecular weight excluding hydrogens is 198 g/mol. The first-order valence-corrected chi connectivity index (χ1v) is 6.36. The van der Waals surface area contributed by atoms with E-state index in [2.05, 4.69) is 23.1 Å². The molecule has 2 heteroatoms. The third kappa shape index (κ3) is 1.66. The van der Waals surface area contributed by atoms with Gasteiger partial charge < -0.3 is 5.11 Å². The summed E-state index contributed by atoms with van der Waals surface area (Å²) in [6.45, 7) is 2.32. The van der Waals surface area contributed by atoms with E-state index in [0.29, 0.717) is 6.04 Å². The van der Waals surface area contributed by atoms with Gasteiger partial charge in [0.05, 0.1) is 6.10 Å². The molecule has 1 N–H and O–H groups in total. The highest BCUT2D eigenvalue weighted by molar-refractivity contribution is 5.35. The van der Waals surface area contributed by atoms with Crippen LogP contribution in [-0.2, 0) is 6.42 Å². The second-order valence-electron chi connectivity index (χ2n) is 5.01. The molecule has 0 saturated carbocycles. The highest BCUT2D eigenvalue weighted by atomic mass is 16.3. The fourth-order valence-corrected chi connectivity index (χ4v) is 3.13. The molecule has 16 heavy (non-hydrogen) atoms. The van der Waals surface area contributed by atoms with Crippen LogP contribution in [0.2, 0.25) is 0 Å². The van der Waals surface area contributed by atoms with Crippen LogP contribution in [0.1, 0.15) is 36.5 Å². The van der Waals surface area contributed by atoms with Crippen LogP contribution in [-0.4, -0.2) is 29.1 Å². The van der Waals surface area contributed by atoms with Crippen molar-refractivity contribution in [1.82, 2.24) is 4.90 Å². The SMILES string of the molecule is OC1c2ccccc2CC1N1CCCCC1. The van der Waals surface area contributed by atoms with Crippen LogP contribution < -0.4 is 0 Å². The molecule has 0 amide bonds. The number of hydrogen-bond donors (Lipinski definition) is 1. The standard InChI is InChI=1S/C14H19NO/c16-14-12-7-3-2-6-11(12)10-13(14)15-8-4-1-5-9-15/h2-3,6-7,13-14,16H,1,4-5,8-10H2. The first kappa shape index (κ1) is 10.3. The average molecular weight is 217 g/mol. The molecule has 1 aliphatic heterocycles. The topological polar surface area (TPSA) is 23.5 Å². The Bertz CT molecular complexity index is 371. The summed E-state index contributed by atoms with van der Waals surface area (Å²) in [5.74, 6) is 0. The molecule has 0 radical (unpaired) electrons. The lowest BCUT2D eigenvalue weighted by molar-refractivity contribution is 0.0494. The minimum Gasteiger partial charge on any atom is -0.387 e. The van der Waals surface area contributed by atoms with E-state index in [0.717, 1.165) is 25.1 Å². The van der Waals surface area contributed by atoms with Gasteiger partial charge in [0.15, 0.2) is 0 Å². The summed E-state index contributed by atoms with van der Waals surface area (Å²) in [5.41, 5.74) is 2.49. The zero-order valence-corrected chi connectivity index (χ0v) is 9.60. The Morgan fingerprint density at radius 1 is 1.06 bits per heavy atom. The second kappa shape index (κ2) is 4.19. The predicted octanol–water partition coefficient (Wildman–Crippen LogP) is 2.13. The Labute approximate surface area is 96.9 Å². The van der Waals surface area contributed by atoms with Gasteiger partial charge in [0.2, 0.25) is 0 Å². The molecule has 2 nitrogen and oxygen atoms in total. The largest absolute Gasteiger partial charge is 0.387 e. The van der Waals surface area contributed by atoms with Crippen molar-refractivity contribution >= 4 is 0 Å². The Morgan fingerprint density at radius 3 is 2.56 bits per heavy atom. The fourth-order valence-electron chi connectivity index (χ4n) is 3.13. The van der Waals surface area contributed by atoms with Gasteiger partial charge in [0.1, 0.15) is 0 Å². The van der Waals surface area contributed by atoms with Gasteiger partial charge in [-0.2, -0.15) is 0 Å². The van der Waals surface area contributed by atoms with Crippen LogP contribution in [0, 0.1) is 0 Å². The number of piperidine rings is 1. The maximum absolute atomic E-state index is 10.4. The van der Waals surface area contributed by atoms with Crippen LogP contribution in [0.5, 0.6) is 0 Å². The minimum absolute atomic E-state index is 0.269. The molecule has 0 aromatic heterocycles. The predicted molar refractivity (Wildman–Crippen MR) is 64.3 cm³/mol. The van der Waals surface area contributed by atoms with Crippen LogP contribution in [0.15, 0.2) is 24.3 Å². The Morgan fingerprint density at radius 2 is 1.81 bits per heavy atom. The van der Waals surface area contributed by atoms with E-state index < -0.39 is 0 Å². The molecule has 1 aromatic rings. The lowest BCUT2D eigenvalue weighted by Gasteiger charge is -2.34. The number of rotatable bonds is 1. The monoisotopic (exact) mass is 217 g/mol. The molecule has 1 aliphatic carbocycles. The van der Waals surface area contributed by atoms with E-state index in [1.807, 2.05) is 6.07 Å². The van der Waals surface area contributed by atoms with Gasteiger partial charge in [-0.3, -0.25) is 4.90 Å². The molecule has 1 fully saturated rings. The molecule has 2 atom stereocenters. The van der Waals surface area contributed by atoms with Crippen molar-refractivity contribution in [1.29, 1.82) is 0 Å². The van der Waals surface area contributed by atoms with Gasteiger partial charge in [-0.1, -0.05) is 30.7 Å². The second-order valence-corrected chi connectivity index (χ2v) is 5.01. The van der Waals surface area contributed by atoms with Gasteiger partial charge in [-0.15, -0.1) is 0 Å². The van der Waals surface area contributed by atoms with Gasteiger partial charge in [0, 0.05) is 6.04 Å². The smallest absolute Gasteiger partial charge is 0.0951 e. The number of aliphatic hydroxyl groups excluding tert-OH is 1. The molecule has 1 heterocycles. The van der Waals surface area contributed by atoms with Crippen LogP contribution >= 0.6 is 0 Å². The van der Waals surface area contributed by atoms with E-state index in [1.165, 1.54) is 24.8 Å². The third-order valence-electron chi connectivity index (χ3n) is 4.03. The van der Waals surface area contributed by atoms with Crippen LogP contribution in [0.3, 0.4) is 0 Å². The van der Waals surface area contributed by atoms with E-state index in [4.69, 9.17) is 0 Å². The van der Waals surface area contributed by atoms with Crippen molar-refractivity contribution in [2.24, 2.45) is 0 Å². The molecule has 0 bridgehead atoms. The zero-order valence-electron chi connectivity index (χ0n) is 9.60. The fraction of sp³-hybridized carbons (Fsp3) is 0.571. The van der Waals surface area contributed by atoms with Crippen molar-refractivity contribution in [3.8, 4) is 0 Å². The first-order chi connectivity index (χ1) is 7.86. The van der Waals surface area contributed by atoms with Crippen LogP contribution in [0.4, 0.5) is 0 Å². The lowest BCUT2D eigenvalue weighted by Crippen LogP contribution is -2.41. The van der Waals surface area contributed by atoms with Crippen molar-refractivity contribution in [2.45, 2.75) is 37.8 Å². The highest BCUT2D eigenvalue weighted by Gasteiger charge is 2.34. The number of likely N-dealkylation sites (tertiary alicyclic amines) is 1. The zero-order chi connectivity index (χ0) is 11.0. The molecule has 0 spiro atoms. The Hall–Kier alpha value is -0.860. The van der Waals surface area contributed by atoms with Gasteiger partial charge in [-0.05, 0) is 43.5 Å². The quantitative estimate of drug-likeness (QED) is 0.779. The number of nitrogens with zero attached hydrogens (tertiary/aromatic N) is 1. The van der Waals surface area contributed by atoms with E-state index >= 15 is 0 Å². The molecule has 2 unspecified atom stereocenters. The normalized spacial score (nSPS) is 30.3. The summed E-state index contributed by atoms with van der Waals surface area (Å²) < 4.78 is 0. The molecular formula is C14H19NO. The summed E-state index contributed by atoms with van der Waals surface area (Å²) in [6, 6.07) is 8.66. The molecule has 2 aliphatic rings. The van der Waals surface area contributed by atoms with Crippen molar-refractivity contribution in [2.75, 3.05) is 13.1 Å². The summed E-state index contributed by atoms with van der Waals surface area (Å²) in [6.07, 6.45) is 4.69. The number of benzene rings is 1. The summed E-state index contributed by atoms with van der Waals surface area (Å²) >= 11 is 0. The first-order valence-electron chi connectivity index (χ1n) is 6.36. The number of aliphatic hydroxyl groups is 1. The molecule has 86 valence electrons. The summed E-state index contributed by atoms with van der Waals surface area (Å²) in [4.78, 5) is 2.48. The summed E-state index contributed by atoms with van der Waals surface area (Å²) in [7, 11) is 0. The van der Waals surface area contributed by atoms with E-state index in [9.17, 15) is 5.11 Å². The maximum atomic E-state index is 10.4. The molecule has 1 aromatic carbocycles. The summed E-state index contributed by atoms with van der Waals surface area (Å²) in [5, 5.41) is 10.4. The molecule has 1 saturated heterocycles. The lowest BCUT2D eigenvalue weighted by atomic mass is 10.0. The average Bonchev–Trinajstić information content (AvgIpc) is 2.69. The highest BCUT2D eigenvalue weighted by Crippen LogP contribution is 2.35. The van der Waals surface area contributed by atoms with Crippen molar-refractivity contribution in [3.63, 3.8) is 0 Å². The van der Waals surface area contributed by atoms with Crippen molar-refractivity contribution in [3.05, 3.63) is 35.4 Å². The van der Waals surface area contributed by atoms with E-state index in [1.54, 1.807) is 0 Å². The van der Waals surface area contributed by atoms with Gasteiger partial charge >= 0.3 is 0 Å². The maximum Gasteiger partial charge on any atom is 0.0951 e. The van der Waals surface area contributed by atoms with E-state index in [-0.39, 0.29) is 6.10 Å². The van der Waals surface area contributed by atoms with Gasteiger partial charge in [-0.25, -0.2) is 0 Å². The third-order valence-corrected chi connectivity index (χ3v) is 4.03. The number of hydrogen-bond acceptors (Lipinski definition) is 2. The Balaban J connectivity index is 1.80. The molecule has 3 rings (SSSR count). The Kier molecular flexibility index (Phi) is 2.70. The van der Waals surface area contributed by atoms with Crippen LogP contribution in [0.25, 0.3) is 0 Å². The van der Waals surface area contributed by atoms with Crippen molar-refractivity contribution < 1.29 is 5.11 Å².